The molecule has 3 amide bonds. The third kappa shape index (κ3) is 5.16. The molecule has 8 nitrogen and oxygen atoms in total. The van der Waals surface area contributed by atoms with Gasteiger partial charge in [-0.1, -0.05) is 24.3 Å². The van der Waals surface area contributed by atoms with Crippen LogP contribution in [0.1, 0.15) is 15.9 Å². The van der Waals surface area contributed by atoms with E-state index in [1.54, 1.807) is 43.3 Å². The Balaban J connectivity index is 1.61. The van der Waals surface area contributed by atoms with Gasteiger partial charge in [0, 0.05) is 34.3 Å². The van der Waals surface area contributed by atoms with E-state index >= 15 is 0 Å². The number of nitrogens with zero attached hydrogens (tertiary/aromatic N) is 1. The number of hydrogen-bond donors (Lipinski definition) is 3. The monoisotopic (exact) mass is 390 g/mol. The van der Waals surface area contributed by atoms with Crippen LogP contribution in [-0.2, 0) is 0 Å². The average Bonchev–Trinajstić information content (AvgIpc) is 2.70. The highest BCUT2D eigenvalue weighted by Gasteiger charge is 2.15. The zero-order valence-electron chi connectivity index (χ0n) is 15.5. The van der Waals surface area contributed by atoms with Crippen LogP contribution in [0.2, 0.25) is 0 Å². The fourth-order valence-corrected chi connectivity index (χ4v) is 2.60. The maximum absolute atomic E-state index is 12.4. The van der Waals surface area contributed by atoms with Crippen molar-refractivity contribution in [3.05, 3.63) is 94.0 Å². The quantitative estimate of drug-likeness (QED) is 0.429. The number of nitrogens with one attached hydrogen (secondary N) is 3. The summed E-state index contributed by atoms with van der Waals surface area (Å²) in [5.74, 6) is -0.462. The first kappa shape index (κ1) is 19.6. The largest absolute Gasteiger partial charge is 0.323 e. The molecule has 0 aliphatic rings. The maximum atomic E-state index is 12.4. The summed E-state index contributed by atoms with van der Waals surface area (Å²) in [5.41, 5.74) is 2.26. The molecule has 0 unspecified atom stereocenters. The SMILES string of the molecule is Cc1ccc(C(=O)Nc2ccc(NC(=O)Nc3ccccc3)cc2)cc1[N+](=O)[O-]. The molecule has 0 bridgehead atoms. The van der Waals surface area contributed by atoms with E-state index in [-0.39, 0.29) is 17.3 Å². The van der Waals surface area contributed by atoms with E-state index in [1.807, 2.05) is 18.2 Å². The van der Waals surface area contributed by atoms with Crippen LogP contribution < -0.4 is 16.0 Å². The summed E-state index contributed by atoms with van der Waals surface area (Å²) in [6, 6.07) is 19.5. The molecule has 0 spiro atoms. The number of carbonyl (C=O) groups excluding carboxylic acids is 2. The maximum Gasteiger partial charge on any atom is 0.323 e. The molecule has 146 valence electrons. The second kappa shape index (κ2) is 8.66. The summed E-state index contributed by atoms with van der Waals surface area (Å²) in [7, 11) is 0. The Morgan fingerprint density at radius 3 is 1.93 bits per heavy atom. The van der Waals surface area contributed by atoms with Crippen LogP contribution in [0.25, 0.3) is 0 Å². The Morgan fingerprint density at radius 1 is 0.793 bits per heavy atom. The third-order valence-electron chi connectivity index (χ3n) is 4.10. The van der Waals surface area contributed by atoms with Crippen molar-refractivity contribution in [3.63, 3.8) is 0 Å². The minimum absolute atomic E-state index is 0.110. The molecule has 3 aromatic rings. The van der Waals surface area contributed by atoms with E-state index in [1.165, 1.54) is 18.2 Å². The summed E-state index contributed by atoms with van der Waals surface area (Å²) in [6.45, 7) is 1.61. The van der Waals surface area contributed by atoms with Crippen molar-refractivity contribution in [3.8, 4) is 0 Å². The first-order chi connectivity index (χ1) is 13.9. The highest BCUT2D eigenvalue weighted by atomic mass is 16.6. The van der Waals surface area contributed by atoms with Crippen molar-refractivity contribution >= 4 is 34.7 Å². The summed E-state index contributed by atoms with van der Waals surface area (Å²) < 4.78 is 0. The Kier molecular flexibility index (Phi) is 5.84. The molecule has 0 aliphatic carbocycles. The summed E-state index contributed by atoms with van der Waals surface area (Å²) in [5, 5.41) is 19.1. The second-order valence-electron chi connectivity index (χ2n) is 6.23. The molecule has 3 rings (SSSR count). The molecule has 0 atom stereocenters. The minimum atomic E-state index is -0.521. The number of nitro benzene ring substituents is 1. The smallest absolute Gasteiger partial charge is 0.322 e. The fraction of sp³-hybridized carbons (Fsp3) is 0.0476. The van der Waals surface area contributed by atoms with Crippen molar-refractivity contribution < 1.29 is 14.5 Å². The Labute approximate surface area is 166 Å². The van der Waals surface area contributed by atoms with E-state index in [2.05, 4.69) is 16.0 Å². The number of aryl methyl sites for hydroxylation is 1. The number of carbonyl (C=O) groups is 2. The lowest BCUT2D eigenvalue weighted by Gasteiger charge is -2.09. The van der Waals surface area contributed by atoms with Crippen molar-refractivity contribution in [1.82, 2.24) is 0 Å². The molecular weight excluding hydrogens is 372 g/mol. The standard InChI is InChI=1S/C21H18N4O4/c1-14-7-8-15(13-19(14)25(28)29)20(26)22-17-9-11-18(12-10-17)24-21(27)23-16-5-3-2-4-6-16/h2-13H,1H3,(H,22,26)(H2,23,24,27). The fourth-order valence-electron chi connectivity index (χ4n) is 2.60. The van der Waals surface area contributed by atoms with E-state index in [4.69, 9.17) is 0 Å². The number of hydrogen-bond acceptors (Lipinski definition) is 4. The van der Waals surface area contributed by atoms with Crippen LogP contribution in [0.3, 0.4) is 0 Å². The van der Waals surface area contributed by atoms with Crippen LogP contribution in [0.4, 0.5) is 27.5 Å². The van der Waals surface area contributed by atoms with Gasteiger partial charge in [-0.25, -0.2) is 4.79 Å². The molecule has 3 N–H and O–H groups in total. The van der Waals surface area contributed by atoms with E-state index in [9.17, 15) is 19.7 Å². The predicted molar refractivity (Wildman–Crippen MR) is 111 cm³/mol. The lowest BCUT2D eigenvalue weighted by atomic mass is 10.1. The normalized spacial score (nSPS) is 10.1. The topological polar surface area (TPSA) is 113 Å². The van der Waals surface area contributed by atoms with Crippen molar-refractivity contribution in [2.24, 2.45) is 0 Å². The Bertz CT molecular complexity index is 1050. The van der Waals surface area contributed by atoms with Gasteiger partial charge in [0.1, 0.15) is 0 Å². The first-order valence-corrected chi connectivity index (χ1v) is 8.72. The van der Waals surface area contributed by atoms with Gasteiger partial charge in [0.15, 0.2) is 0 Å². The van der Waals surface area contributed by atoms with E-state index in [0.29, 0.717) is 22.6 Å². The molecule has 0 fully saturated rings. The zero-order valence-corrected chi connectivity index (χ0v) is 15.5. The molecule has 8 heteroatoms. The van der Waals surface area contributed by atoms with Gasteiger partial charge < -0.3 is 16.0 Å². The third-order valence-corrected chi connectivity index (χ3v) is 4.10. The van der Waals surface area contributed by atoms with Gasteiger partial charge >= 0.3 is 6.03 Å². The number of anilines is 3. The van der Waals surface area contributed by atoms with Gasteiger partial charge in [0.25, 0.3) is 11.6 Å². The molecule has 0 aliphatic heterocycles. The molecule has 0 saturated heterocycles. The molecule has 0 saturated carbocycles. The van der Waals surface area contributed by atoms with Crippen molar-refractivity contribution in [1.29, 1.82) is 0 Å². The number of amides is 3. The predicted octanol–water partition coefficient (Wildman–Crippen LogP) is 4.80. The first-order valence-electron chi connectivity index (χ1n) is 8.72. The van der Waals surface area contributed by atoms with Crippen LogP contribution in [0.5, 0.6) is 0 Å². The number of benzene rings is 3. The van der Waals surface area contributed by atoms with E-state index < -0.39 is 10.8 Å². The van der Waals surface area contributed by atoms with Crippen LogP contribution in [0.15, 0.2) is 72.8 Å². The Morgan fingerprint density at radius 2 is 1.34 bits per heavy atom. The number of rotatable bonds is 5. The van der Waals surface area contributed by atoms with Crippen LogP contribution >= 0.6 is 0 Å². The summed E-state index contributed by atoms with van der Waals surface area (Å²) >= 11 is 0. The number of urea groups is 1. The second-order valence-corrected chi connectivity index (χ2v) is 6.23. The van der Waals surface area contributed by atoms with Gasteiger partial charge in [-0.3, -0.25) is 14.9 Å². The van der Waals surface area contributed by atoms with Gasteiger partial charge in [0.05, 0.1) is 4.92 Å². The Hall–Kier alpha value is -4.20. The zero-order chi connectivity index (χ0) is 20.8. The molecular formula is C21H18N4O4. The van der Waals surface area contributed by atoms with Gasteiger partial charge in [-0.05, 0) is 49.4 Å². The molecule has 29 heavy (non-hydrogen) atoms. The highest BCUT2D eigenvalue weighted by Crippen LogP contribution is 2.21. The van der Waals surface area contributed by atoms with Crippen LogP contribution in [-0.4, -0.2) is 16.9 Å². The molecule has 0 radical (unpaired) electrons. The van der Waals surface area contributed by atoms with Crippen molar-refractivity contribution in [2.45, 2.75) is 6.92 Å². The van der Waals surface area contributed by atoms with Gasteiger partial charge in [0.2, 0.25) is 0 Å². The molecule has 0 heterocycles. The number of nitro groups is 1. The minimum Gasteiger partial charge on any atom is -0.322 e. The average molecular weight is 390 g/mol. The van der Waals surface area contributed by atoms with Crippen LogP contribution in [0, 0.1) is 17.0 Å². The lowest BCUT2D eigenvalue weighted by Crippen LogP contribution is -2.19. The van der Waals surface area contributed by atoms with Crippen molar-refractivity contribution in [2.75, 3.05) is 16.0 Å². The highest BCUT2D eigenvalue weighted by molar-refractivity contribution is 6.05. The number of para-hydroxylation sites is 1. The summed E-state index contributed by atoms with van der Waals surface area (Å²) in [4.78, 5) is 34.9. The van der Waals surface area contributed by atoms with E-state index in [0.717, 1.165) is 0 Å². The summed E-state index contributed by atoms with van der Waals surface area (Å²) in [6.07, 6.45) is 0. The van der Waals surface area contributed by atoms with Gasteiger partial charge in [-0.15, -0.1) is 0 Å². The molecule has 0 aromatic heterocycles. The molecule has 3 aromatic carbocycles. The lowest BCUT2D eigenvalue weighted by molar-refractivity contribution is -0.385. The van der Waals surface area contributed by atoms with Gasteiger partial charge in [-0.2, -0.15) is 0 Å².